The SMILES string of the molecule is C.COc1cccc2c(OS(=O)(=O)C(F)(F)F)cccc12. The van der Waals surface area contributed by atoms with Crippen LogP contribution in [-0.4, -0.2) is 21.0 Å². The van der Waals surface area contributed by atoms with Crippen LogP contribution >= 0.6 is 0 Å². The molecule has 0 aromatic heterocycles. The van der Waals surface area contributed by atoms with Crippen molar-refractivity contribution in [2.24, 2.45) is 0 Å². The standard InChI is InChI=1S/C12H9F3O4S.CH4/c1-18-10-6-2-5-9-8(10)4-3-7-11(9)19-20(16,17)12(13,14)15;/h2-7H,1H3;1H4. The first-order valence-electron chi connectivity index (χ1n) is 5.33. The van der Waals surface area contributed by atoms with Gasteiger partial charge in [0.15, 0.2) is 5.75 Å². The van der Waals surface area contributed by atoms with Crippen LogP contribution in [0.1, 0.15) is 7.43 Å². The van der Waals surface area contributed by atoms with Crippen molar-refractivity contribution in [3.8, 4) is 11.5 Å². The number of alkyl halides is 3. The van der Waals surface area contributed by atoms with Gasteiger partial charge in [0.2, 0.25) is 0 Å². The highest BCUT2D eigenvalue weighted by Gasteiger charge is 2.48. The van der Waals surface area contributed by atoms with Crippen molar-refractivity contribution >= 4 is 20.9 Å². The van der Waals surface area contributed by atoms with E-state index < -0.39 is 21.4 Å². The van der Waals surface area contributed by atoms with Crippen LogP contribution < -0.4 is 8.92 Å². The number of hydrogen-bond donors (Lipinski definition) is 0. The average Bonchev–Trinajstić information content (AvgIpc) is 2.36. The van der Waals surface area contributed by atoms with Crippen LogP contribution in [0.15, 0.2) is 36.4 Å². The van der Waals surface area contributed by atoms with Gasteiger partial charge in [0.1, 0.15) is 5.75 Å². The van der Waals surface area contributed by atoms with Gasteiger partial charge in [0.05, 0.1) is 7.11 Å². The maximum atomic E-state index is 12.3. The van der Waals surface area contributed by atoms with Crippen molar-refractivity contribution in [3.63, 3.8) is 0 Å². The summed E-state index contributed by atoms with van der Waals surface area (Å²) in [4.78, 5) is 0. The summed E-state index contributed by atoms with van der Waals surface area (Å²) in [7, 11) is -4.31. The highest BCUT2D eigenvalue weighted by molar-refractivity contribution is 7.88. The van der Waals surface area contributed by atoms with Crippen LogP contribution in [0.4, 0.5) is 13.2 Å². The molecule has 0 N–H and O–H groups in total. The fourth-order valence-electron chi connectivity index (χ4n) is 1.67. The lowest BCUT2D eigenvalue weighted by Gasteiger charge is -2.12. The first-order chi connectivity index (χ1) is 9.26. The highest BCUT2D eigenvalue weighted by atomic mass is 32.2. The Balaban J connectivity index is 0.00000220. The zero-order valence-electron chi connectivity index (χ0n) is 10.1. The zero-order chi connectivity index (χ0) is 15.0. The maximum absolute atomic E-state index is 12.3. The minimum absolute atomic E-state index is 0. The van der Waals surface area contributed by atoms with E-state index in [4.69, 9.17) is 4.74 Å². The van der Waals surface area contributed by atoms with Crippen molar-refractivity contribution in [1.82, 2.24) is 0 Å². The second-order valence-corrected chi connectivity index (χ2v) is 5.33. The van der Waals surface area contributed by atoms with E-state index in [0.29, 0.717) is 11.1 Å². The Morgan fingerprint density at radius 3 is 1.90 bits per heavy atom. The van der Waals surface area contributed by atoms with E-state index in [2.05, 4.69) is 4.18 Å². The molecule has 21 heavy (non-hydrogen) atoms. The number of rotatable bonds is 3. The van der Waals surface area contributed by atoms with Crippen LogP contribution in [0.2, 0.25) is 0 Å². The Morgan fingerprint density at radius 1 is 0.952 bits per heavy atom. The van der Waals surface area contributed by atoms with Gasteiger partial charge in [0.25, 0.3) is 0 Å². The Morgan fingerprint density at radius 2 is 1.43 bits per heavy atom. The third kappa shape index (κ3) is 3.21. The van der Waals surface area contributed by atoms with Crippen LogP contribution in [0.5, 0.6) is 11.5 Å². The summed E-state index contributed by atoms with van der Waals surface area (Å²) in [6, 6.07) is 8.68. The summed E-state index contributed by atoms with van der Waals surface area (Å²) in [6.45, 7) is 0. The molecular weight excluding hydrogens is 309 g/mol. The van der Waals surface area contributed by atoms with E-state index in [1.165, 1.54) is 25.3 Å². The molecule has 0 heterocycles. The Bertz CT molecular complexity index is 739. The molecule has 0 amide bonds. The molecule has 4 nitrogen and oxygen atoms in total. The van der Waals surface area contributed by atoms with Crippen molar-refractivity contribution in [3.05, 3.63) is 36.4 Å². The molecular formula is C13H13F3O4S. The first-order valence-corrected chi connectivity index (χ1v) is 6.73. The largest absolute Gasteiger partial charge is 0.534 e. The number of ether oxygens (including phenoxy) is 1. The fraction of sp³-hybridized carbons (Fsp3) is 0.231. The summed E-state index contributed by atoms with van der Waals surface area (Å²) in [5.74, 6) is -0.00363. The van der Waals surface area contributed by atoms with Crippen molar-refractivity contribution in [1.29, 1.82) is 0 Å². The van der Waals surface area contributed by atoms with Gasteiger partial charge in [-0.15, -0.1) is 0 Å². The molecule has 0 saturated heterocycles. The summed E-state index contributed by atoms with van der Waals surface area (Å²) in [5, 5.41) is 0.657. The minimum Gasteiger partial charge on any atom is -0.496 e. The molecule has 0 spiro atoms. The number of hydrogen-bond acceptors (Lipinski definition) is 4. The molecule has 0 aliphatic rings. The summed E-state index contributed by atoms with van der Waals surface area (Å²) in [6.07, 6.45) is 0. The molecule has 0 unspecified atom stereocenters. The molecule has 0 aliphatic heterocycles. The van der Waals surface area contributed by atoms with Crippen LogP contribution in [0.3, 0.4) is 0 Å². The van der Waals surface area contributed by atoms with E-state index in [1.54, 1.807) is 12.1 Å². The third-order valence-corrected chi connectivity index (χ3v) is 3.51. The van der Waals surface area contributed by atoms with Gasteiger partial charge in [-0.1, -0.05) is 31.7 Å². The van der Waals surface area contributed by atoms with Gasteiger partial charge >= 0.3 is 15.6 Å². The van der Waals surface area contributed by atoms with E-state index >= 15 is 0 Å². The monoisotopic (exact) mass is 322 g/mol. The predicted octanol–water partition coefficient (Wildman–Crippen LogP) is 3.71. The summed E-state index contributed by atoms with van der Waals surface area (Å²) < 4.78 is 68.3. The molecule has 0 saturated carbocycles. The van der Waals surface area contributed by atoms with Gasteiger partial charge in [0, 0.05) is 10.8 Å². The molecule has 2 rings (SSSR count). The number of fused-ring (bicyclic) bond motifs is 1. The molecule has 8 heteroatoms. The lowest BCUT2D eigenvalue weighted by atomic mass is 10.1. The van der Waals surface area contributed by atoms with Gasteiger partial charge in [-0.05, 0) is 12.1 Å². The molecule has 0 atom stereocenters. The zero-order valence-corrected chi connectivity index (χ0v) is 11.0. The number of methoxy groups -OCH3 is 1. The van der Waals surface area contributed by atoms with Gasteiger partial charge < -0.3 is 8.92 Å². The first kappa shape index (κ1) is 17.1. The minimum atomic E-state index is -5.70. The second-order valence-electron chi connectivity index (χ2n) is 3.79. The summed E-state index contributed by atoms with van der Waals surface area (Å²) >= 11 is 0. The van der Waals surface area contributed by atoms with E-state index in [1.807, 2.05) is 0 Å². The number of halogens is 3. The topological polar surface area (TPSA) is 52.6 Å². The fourth-order valence-corrected chi connectivity index (χ4v) is 2.14. The molecule has 0 bridgehead atoms. The van der Waals surface area contributed by atoms with Crippen LogP contribution in [-0.2, 0) is 10.1 Å². The molecule has 2 aromatic rings. The highest BCUT2D eigenvalue weighted by Crippen LogP contribution is 2.35. The Labute approximate surface area is 120 Å². The molecule has 0 fully saturated rings. The maximum Gasteiger partial charge on any atom is 0.534 e. The van der Waals surface area contributed by atoms with E-state index in [0.717, 1.165) is 6.07 Å². The quantitative estimate of drug-likeness (QED) is 0.638. The lowest BCUT2D eigenvalue weighted by Crippen LogP contribution is -2.28. The van der Waals surface area contributed by atoms with Gasteiger partial charge in [-0.25, -0.2) is 0 Å². The van der Waals surface area contributed by atoms with Gasteiger partial charge in [-0.2, -0.15) is 21.6 Å². The smallest absolute Gasteiger partial charge is 0.496 e. The average molecular weight is 322 g/mol. The molecule has 0 aliphatic carbocycles. The van der Waals surface area contributed by atoms with Crippen molar-refractivity contribution in [2.45, 2.75) is 12.9 Å². The Kier molecular flexibility index (Phi) is 4.72. The van der Waals surface area contributed by atoms with Crippen LogP contribution in [0.25, 0.3) is 10.8 Å². The summed E-state index contributed by atoms with van der Waals surface area (Å²) in [5.41, 5.74) is -5.48. The molecule has 2 aromatic carbocycles. The lowest BCUT2D eigenvalue weighted by molar-refractivity contribution is -0.0499. The predicted molar refractivity (Wildman–Crippen MR) is 72.8 cm³/mol. The van der Waals surface area contributed by atoms with Gasteiger partial charge in [-0.3, -0.25) is 0 Å². The van der Waals surface area contributed by atoms with Crippen LogP contribution in [0, 0.1) is 0 Å². The Hall–Kier alpha value is -1.96. The van der Waals surface area contributed by atoms with E-state index in [9.17, 15) is 21.6 Å². The van der Waals surface area contributed by atoms with E-state index in [-0.39, 0.29) is 12.8 Å². The molecule has 0 radical (unpaired) electrons. The second kappa shape index (κ2) is 5.80. The van der Waals surface area contributed by atoms with Crippen molar-refractivity contribution < 1.29 is 30.5 Å². The molecule has 116 valence electrons. The third-order valence-electron chi connectivity index (χ3n) is 2.54. The van der Waals surface area contributed by atoms with Crippen molar-refractivity contribution in [2.75, 3.05) is 7.11 Å². The normalized spacial score (nSPS) is 11.8. The number of benzene rings is 2.